The van der Waals surface area contributed by atoms with Gasteiger partial charge in [-0.15, -0.1) is 0 Å². The minimum absolute atomic E-state index is 0.139. The molecule has 7 nitrogen and oxygen atoms in total. The maximum atomic E-state index is 12.8. The topological polar surface area (TPSA) is 63.3 Å². The van der Waals surface area contributed by atoms with E-state index in [0.717, 1.165) is 13.1 Å². The first-order valence-corrected chi connectivity index (χ1v) is 9.65. The maximum Gasteiger partial charge on any atom is 0.321 e. The number of methoxy groups -OCH3 is 3. The Kier molecular flexibility index (Phi) is 6.36. The lowest BCUT2D eigenvalue weighted by Gasteiger charge is -2.36. The number of hydrogen-bond donors (Lipinski definition) is 1. The largest absolute Gasteiger partial charge is 0.493 e. The van der Waals surface area contributed by atoms with Crippen LogP contribution in [0.1, 0.15) is 11.1 Å². The molecule has 0 aromatic heterocycles. The number of nitrogens with zero attached hydrogens (tertiary/aromatic N) is 2. The summed E-state index contributed by atoms with van der Waals surface area (Å²) in [5.41, 5.74) is 4.36. The highest BCUT2D eigenvalue weighted by molar-refractivity contribution is 5.90. The van der Waals surface area contributed by atoms with Crippen molar-refractivity contribution in [3.63, 3.8) is 0 Å². The molecule has 1 aliphatic rings. The second-order valence-electron chi connectivity index (χ2n) is 7.11. The molecule has 1 fully saturated rings. The van der Waals surface area contributed by atoms with Gasteiger partial charge in [0.25, 0.3) is 0 Å². The first kappa shape index (κ1) is 20.6. The van der Waals surface area contributed by atoms with E-state index in [0.29, 0.717) is 36.0 Å². The number of rotatable bonds is 5. The highest BCUT2D eigenvalue weighted by atomic mass is 16.5. The smallest absolute Gasteiger partial charge is 0.321 e. The summed E-state index contributed by atoms with van der Waals surface area (Å²) in [6, 6.07) is 9.80. The molecule has 0 aliphatic carbocycles. The molecule has 2 aromatic rings. The third kappa shape index (κ3) is 4.50. The van der Waals surface area contributed by atoms with Crippen LogP contribution in [0.15, 0.2) is 30.3 Å². The molecule has 1 aliphatic heterocycles. The molecule has 2 amide bonds. The summed E-state index contributed by atoms with van der Waals surface area (Å²) in [6.45, 7) is 7.14. The van der Waals surface area contributed by atoms with Gasteiger partial charge in [0.2, 0.25) is 5.75 Å². The Balaban J connectivity index is 1.65. The molecule has 156 valence electrons. The third-order valence-corrected chi connectivity index (χ3v) is 5.18. The Labute approximate surface area is 172 Å². The molecular weight excluding hydrogens is 370 g/mol. The number of ether oxygens (including phenoxy) is 3. The van der Waals surface area contributed by atoms with E-state index < -0.39 is 0 Å². The van der Waals surface area contributed by atoms with Crippen molar-refractivity contribution in [3.05, 3.63) is 41.5 Å². The van der Waals surface area contributed by atoms with Gasteiger partial charge >= 0.3 is 6.03 Å². The van der Waals surface area contributed by atoms with Gasteiger partial charge in [0.15, 0.2) is 11.5 Å². The van der Waals surface area contributed by atoms with Crippen molar-refractivity contribution in [2.75, 3.05) is 57.7 Å². The van der Waals surface area contributed by atoms with Gasteiger partial charge in [0.05, 0.1) is 27.0 Å². The molecule has 7 heteroatoms. The van der Waals surface area contributed by atoms with Crippen molar-refractivity contribution < 1.29 is 19.0 Å². The Morgan fingerprint density at radius 2 is 1.52 bits per heavy atom. The molecule has 0 spiro atoms. The Bertz CT molecular complexity index is 851. The van der Waals surface area contributed by atoms with Crippen LogP contribution in [-0.4, -0.2) is 58.4 Å². The number of anilines is 2. The van der Waals surface area contributed by atoms with Gasteiger partial charge in [-0.3, -0.25) is 0 Å². The molecule has 1 saturated heterocycles. The van der Waals surface area contributed by atoms with Crippen LogP contribution < -0.4 is 24.4 Å². The average Bonchev–Trinajstić information content (AvgIpc) is 2.73. The molecular formula is C22H29N3O4. The van der Waals surface area contributed by atoms with E-state index in [1.165, 1.54) is 16.8 Å². The molecule has 0 bridgehead atoms. The van der Waals surface area contributed by atoms with Crippen molar-refractivity contribution >= 4 is 17.4 Å². The van der Waals surface area contributed by atoms with Gasteiger partial charge < -0.3 is 29.3 Å². The van der Waals surface area contributed by atoms with Crippen LogP contribution in [0.3, 0.4) is 0 Å². The van der Waals surface area contributed by atoms with Crippen molar-refractivity contribution in [1.82, 2.24) is 4.90 Å². The van der Waals surface area contributed by atoms with Crippen LogP contribution in [0.25, 0.3) is 0 Å². The quantitative estimate of drug-likeness (QED) is 0.831. The number of aryl methyl sites for hydroxylation is 2. The molecule has 3 rings (SSSR count). The summed E-state index contributed by atoms with van der Waals surface area (Å²) in [4.78, 5) is 16.9. The van der Waals surface area contributed by atoms with Gasteiger partial charge in [-0.25, -0.2) is 4.79 Å². The van der Waals surface area contributed by atoms with Gasteiger partial charge in [0, 0.05) is 44.0 Å². The maximum absolute atomic E-state index is 12.8. The molecule has 2 aromatic carbocycles. The first-order chi connectivity index (χ1) is 14.0. The molecule has 0 saturated carbocycles. The van der Waals surface area contributed by atoms with Crippen LogP contribution in [0, 0.1) is 13.8 Å². The van der Waals surface area contributed by atoms with Crippen LogP contribution >= 0.6 is 0 Å². The number of carbonyl (C=O) groups is 1. The van der Waals surface area contributed by atoms with E-state index >= 15 is 0 Å². The summed E-state index contributed by atoms with van der Waals surface area (Å²) in [6.07, 6.45) is 0. The predicted octanol–water partition coefficient (Wildman–Crippen LogP) is 3.68. The van der Waals surface area contributed by atoms with E-state index in [2.05, 4.69) is 42.3 Å². The Hall–Kier alpha value is -3.09. The molecule has 29 heavy (non-hydrogen) atoms. The minimum Gasteiger partial charge on any atom is -0.493 e. The van der Waals surface area contributed by atoms with E-state index in [1.54, 1.807) is 33.5 Å². The number of amides is 2. The molecule has 0 atom stereocenters. The molecule has 1 N–H and O–H groups in total. The lowest BCUT2D eigenvalue weighted by molar-refractivity contribution is 0.208. The fourth-order valence-electron chi connectivity index (χ4n) is 3.67. The molecule has 0 radical (unpaired) electrons. The second kappa shape index (κ2) is 8.94. The van der Waals surface area contributed by atoms with Crippen LogP contribution in [0.5, 0.6) is 17.2 Å². The number of urea groups is 1. The second-order valence-corrected chi connectivity index (χ2v) is 7.11. The third-order valence-electron chi connectivity index (χ3n) is 5.18. The van der Waals surface area contributed by atoms with Crippen molar-refractivity contribution in [2.24, 2.45) is 0 Å². The van der Waals surface area contributed by atoms with Crippen molar-refractivity contribution in [2.45, 2.75) is 13.8 Å². The number of hydrogen-bond acceptors (Lipinski definition) is 5. The summed E-state index contributed by atoms with van der Waals surface area (Å²) in [7, 11) is 4.65. The van der Waals surface area contributed by atoms with E-state index in [-0.39, 0.29) is 6.03 Å². The monoisotopic (exact) mass is 399 g/mol. The van der Waals surface area contributed by atoms with Crippen LogP contribution in [0.2, 0.25) is 0 Å². The summed E-state index contributed by atoms with van der Waals surface area (Å²) in [5.74, 6) is 1.50. The average molecular weight is 399 g/mol. The standard InChI is InChI=1S/C22H29N3O4/c1-15-6-7-18(16(2)12-15)24-8-10-25(11-9-24)22(26)23-17-13-19(27-3)21(29-5)20(14-17)28-4/h6-7,12-14H,8-11H2,1-5H3,(H,23,26). The highest BCUT2D eigenvalue weighted by Gasteiger charge is 2.23. The van der Waals surface area contributed by atoms with Crippen LogP contribution in [0.4, 0.5) is 16.2 Å². The lowest BCUT2D eigenvalue weighted by Crippen LogP contribution is -2.50. The summed E-state index contributed by atoms with van der Waals surface area (Å²) >= 11 is 0. The van der Waals surface area contributed by atoms with Crippen molar-refractivity contribution in [1.29, 1.82) is 0 Å². The zero-order chi connectivity index (χ0) is 21.0. The van der Waals surface area contributed by atoms with Gasteiger partial charge in [-0.2, -0.15) is 0 Å². The molecule has 1 heterocycles. The normalized spacial score (nSPS) is 13.8. The van der Waals surface area contributed by atoms with Gasteiger partial charge in [-0.05, 0) is 25.5 Å². The minimum atomic E-state index is -0.139. The predicted molar refractivity (Wildman–Crippen MR) is 115 cm³/mol. The van der Waals surface area contributed by atoms with Gasteiger partial charge in [0.1, 0.15) is 0 Å². The summed E-state index contributed by atoms with van der Waals surface area (Å²) in [5, 5.41) is 2.94. The zero-order valence-corrected chi connectivity index (χ0v) is 17.7. The van der Waals surface area contributed by atoms with Crippen LogP contribution in [-0.2, 0) is 0 Å². The van der Waals surface area contributed by atoms with Gasteiger partial charge in [-0.1, -0.05) is 17.7 Å². The van der Waals surface area contributed by atoms with E-state index in [1.807, 2.05) is 4.90 Å². The first-order valence-electron chi connectivity index (χ1n) is 9.65. The number of carbonyl (C=O) groups excluding carboxylic acids is 1. The zero-order valence-electron chi connectivity index (χ0n) is 17.7. The van der Waals surface area contributed by atoms with E-state index in [9.17, 15) is 4.79 Å². The number of nitrogens with one attached hydrogen (secondary N) is 1. The number of benzene rings is 2. The van der Waals surface area contributed by atoms with Crippen molar-refractivity contribution in [3.8, 4) is 17.2 Å². The lowest BCUT2D eigenvalue weighted by atomic mass is 10.1. The fourth-order valence-corrected chi connectivity index (χ4v) is 3.67. The van der Waals surface area contributed by atoms with E-state index in [4.69, 9.17) is 14.2 Å². The Morgan fingerprint density at radius 1 is 0.897 bits per heavy atom. The fraction of sp³-hybridized carbons (Fsp3) is 0.409. The number of piperazine rings is 1. The highest BCUT2D eigenvalue weighted by Crippen LogP contribution is 2.40. The SMILES string of the molecule is COc1cc(NC(=O)N2CCN(c3ccc(C)cc3C)CC2)cc(OC)c1OC. The summed E-state index contributed by atoms with van der Waals surface area (Å²) < 4.78 is 16.0. The Morgan fingerprint density at radius 3 is 2.03 bits per heavy atom. The molecule has 0 unspecified atom stereocenters.